The number of nitrogens with one attached hydrogen (secondary N) is 4. The summed E-state index contributed by atoms with van der Waals surface area (Å²) in [6.07, 6.45) is 3.64. The number of piperidine rings is 1. The Morgan fingerprint density at radius 2 is 1.71 bits per heavy atom. The van der Waals surface area contributed by atoms with Crippen LogP contribution in [0, 0.1) is 11.8 Å². The van der Waals surface area contributed by atoms with Crippen LogP contribution in [0.2, 0.25) is 0 Å². The molecule has 1 aliphatic heterocycles. The lowest BCUT2D eigenvalue weighted by Gasteiger charge is -2.27. The topological polar surface area (TPSA) is 154 Å². The first-order valence-electron chi connectivity index (χ1n) is 10.8. The second-order valence-electron chi connectivity index (χ2n) is 9.46. The average molecular weight is 439 g/mol. The highest BCUT2D eigenvalue weighted by molar-refractivity contribution is 6.35. The first kappa shape index (κ1) is 24.8. The maximum Gasteiger partial charge on any atom is 0.309 e. The third kappa shape index (κ3) is 8.28. The predicted molar refractivity (Wildman–Crippen MR) is 112 cm³/mol. The van der Waals surface area contributed by atoms with E-state index in [1.807, 2.05) is 0 Å². The number of carbonyl (C=O) groups excluding carboxylic acids is 5. The SMILES string of the molecule is CC(C)(C)NC(=O)C(=O)N[C@@H](CC1CC1)C(=O)NC(CC1CCCNC1=O)C(=O)CO. The van der Waals surface area contributed by atoms with Crippen molar-refractivity contribution in [2.45, 2.75) is 76.9 Å². The Bertz CT molecular complexity index is 713. The van der Waals surface area contributed by atoms with Gasteiger partial charge in [-0.25, -0.2) is 0 Å². The molecule has 10 heteroatoms. The summed E-state index contributed by atoms with van der Waals surface area (Å²) in [6, 6.07) is -2.03. The molecule has 0 bridgehead atoms. The van der Waals surface area contributed by atoms with Gasteiger partial charge in [0.05, 0.1) is 6.04 Å². The zero-order valence-electron chi connectivity index (χ0n) is 18.5. The molecule has 0 aromatic rings. The lowest BCUT2D eigenvalue weighted by molar-refractivity contribution is -0.142. The lowest BCUT2D eigenvalue weighted by Crippen LogP contribution is -2.56. The molecule has 2 rings (SSSR count). The van der Waals surface area contributed by atoms with E-state index in [1.165, 1.54) is 0 Å². The molecule has 0 spiro atoms. The van der Waals surface area contributed by atoms with Crippen LogP contribution in [-0.2, 0) is 24.0 Å². The van der Waals surface area contributed by atoms with Crippen molar-refractivity contribution in [3.05, 3.63) is 0 Å². The van der Waals surface area contributed by atoms with Gasteiger partial charge in [0.1, 0.15) is 12.6 Å². The van der Waals surface area contributed by atoms with Crippen LogP contribution >= 0.6 is 0 Å². The lowest BCUT2D eigenvalue weighted by atomic mass is 9.90. The van der Waals surface area contributed by atoms with Crippen molar-refractivity contribution in [2.75, 3.05) is 13.2 Å². The number of amides is 4. The quantitative estimate of drug-likeness (QED) is 0.296. The number of hydrogen-bond donors (Lipinski definition) is 5. The van der Waals surface area contributed by atoms with E-state index in [0.29, 0.717) is 19.4 Å². The Hall–Kier alpha value is -2.49. The first-order chi connectivity index (χ1) is 14.5. The number of Topliss-reactive ketones (excluding diaryl/α,β-unsaturated/α-hetero) is 1. The molecule has 0 aromatic heterocycles. The molecule has 0 radical (unpaired) electrons. The van der Waals surface area contributed by atoms with Gasteiger partial charge in [0, 0.05) is 18.0 Å². The average Bonchev–Trinajstić information content (AvgIpc) is 3.50. The standard InChI is InChI=1S/C21H34N4O6/c1-21(2,3)25-20(31)19(30)24-15(9-12-6-7-12)18(29)23-14(16(27)11-26)10-13-5-4-8-22-17(13)28/h12-15,26H,4-11H2,1-3H3,(H,22,28)(H,23,29)(H,24,30)(H,25,31)/t13?,14?,15-/m0/s1. The summed E-state index contributed by atoms with van der Waals surface area (Å²) in [6.45, 7) is 5.01. The molecule has 5 N–H and O–H groups in total. The normalized spacial score (nSPS) is 20.8. The number of hydrogen-bond acceptors (Lipinski definition) is 6. The molecule has 0 aromatic carbocycles. The minimum atomic E-state index is -1.05. The fourth-order valence-corrected chi connectivity index (χ4v) is 3.54. The van der Waals surface area contributed by atoms with Gasteiger partial charge in [-0.15, -0.1) is 0 Å². The summed E-state index contributed by atoms with van der Waals surface area (Å²) < 4.78 is 0. The minimum absolute atomic E-state index is 0.0750. The predicted octanol–water partition coefficient (Wildman–Crippen LogP) is -0.851. The van der Waals surface area contributed by atoms with Crippen LogP contribution in [-0.4, -0.2) is 65.3 Å². The van der Waals surface area contributed by atoms with Crippen molar-refractivity contribution < 1.29 is 29.1 Å². The van der Waals surface area contributed by atoms with Gasteiger partial charge >= 0.3 is 11.8 Å². The number of rotatable bonds is 9. The third-order valence-corrected chi connectivity index (χ3v) is 5.36. The fraction of sp³-hybridized carbons (Fsp3) is 0.762. The number of aliphatic hydroxyl groups excluding tert-OH is 1. The molecular formula is C21H34N4O6. The van der Waals surface area contributed by atoms with E-state index in [-0.39, 0.29) is 18.2 Å². The van der Waals surface area contributed by atoms with Crippen LogP contribution in [0.5, 0.6) is 0 Å². The fourth-order valence-electron chi connectivity index (χ4n) is 3.54. The zero-order chi connectivity index (χ0) is 23.2. The molecule has 2 aliphatic rings. The second-order valence-corrected chi connectivity index (χ2v) is 9.46. The Morgan fingerprint density at radius 1 is 1.03 bits per heavy atom. The minimum Gasteiger partial charge on any atom is -0.389 e. The Labute approximate surface area is 182 Å². The highest BCUT2D eigenvalue weighted by Gasteiger charge is 2.35. The molecule has 1 saturated carbocycles. The maximum atomic E-state index is 12.9. The maximum absolute atomic E-state index is 12.9. The van der Waals surface area contributed by atoms with Crippen LogP contribution in [0.3, 0.4) is 0 Å². The van der Waals surface area contributed by atoms with Gasteiger partial charge < -0.3 is 26.4 Å². The van der Waals surface area contributed by atoms with Crippen molar-refractivity contribution in [2.24, 2.45) is 11.8 Å². The molecule has 1 saturated heterocycles. The summed E-state index contributed by atoms with van der Waals surface area (Å²) in [5.41, 5.74) is -0.609. The van der Waals surface area contributed by atoms with Gasteiger partial charge in [0.15, 0.2) is 5.78 Å². The summed E-state index contributed by atoms with van der Waals surface area (Å²) in [7, 11) is 0. The highest BCUT2D eigenvalue weighted by Crippen LogP contribution is 2.33. The molecule has 31 heavy (non-hydrogen) atoms. The van der Waals surface area contributed by atoms with E-state index >= 15 is 0 Å². The van der Waals surface area contributed by atoms with E-state index in [1.54, 1.807) is 20.8 Å². The zero-order valence-corrected chi connectivity index (χ0v) is 18.5. The molecule has 3 atom stereocenters. The van der Waals surface area contributed by atoms with E-state index in [0.717, 1.165) is 19.3 Å². The highest BCUT2D eigenvalue weighted by atomic mass is 16.3. The summed E-state index contributed by atoms with van der Waals surface area (Å²) in [4.78, 5) is 61.6. The summed E-state index contributed by atoms with van der Waals surface area (Å²) in [5.74, 6) is -3.34. The van der Waals surface area contributed by atoms with Gasteiger partial charge in [-0.05, 0) is 52.4 Å². The third-order valence-electron chi connectivity index (χ3n) is 5.36. The van der Waals surface area contributed by atoms with E-state index < -0.39 is 53.7 Å². The van der Waals surface area contributed by atoms with Crippen molar-refractivity contribution >= 4 is 29.4 Å². The van der Waals surface area contributed by atoms with Gasteiger partial charge in [0.25, 0.3) is 0 Å². The number of carbonyl (C=O) groups is 5. The molecule has 1 heterocycles. The van der Waals surface area contributed by atoms with E-state index in [4.69, 9.17) is 0 Å². The first-order valence-corrected chi connectivity index (χ1v) is 10.8. The summed E-state index contributed by atoms with van der Waals surface area (Å²) >= 11 is 0. The number of ketones is 1. The molecule has 2 unspecified atom stereocenters. The second kappa shape index (κ2) is 10.7. The van der Waals surface area contributed by atoms with Gasteiger partial charge in [-0.2, -0.15) is 0 Å². The van der Waals surface area contributed by atoms with Crippen molar-refractivity contribution in [3.8, 4) is 0 Å². The van der Waals surface area contributed by atoms with Gasteiger partial charge in [-0.3, -0.25) is 24.0 Å². The van der Waals surface area contributed by atoms with Crippen LogP contribution in [0.25, 0.3) is 0 Å². The monoisotopic (exact) mass is 438 g/mol. The Morgan fingerprint density at radius 3 is 2.26 bits per heavy atom. The van der Waals surface area contributed by atoms with Crippen LogP contribution in [0.15, 0.2) is 0 Å². The van der Waals surface area contributed by atoms with Gasteiger partial charge in [0.2, 0.25) is 11.8 Å². The molecule has 4 amide bonds. The van der Waals surface area contributed by atoms with Crippen molar-refractivity contribution in [1.82, 2.24) is 21.3 Å². The van der Waals surface area contributed by atoms with Crippen LogP contribution < -0.4 is 21.3 Å². The Balaban J connectivity index is 2.05. The Kier molecular flexibility index (Phi) is 8.55. The largest absolute Gasteiger partial charge is 0.389 e. The van der Waals surface area contributed by atoms with Gasteiger partial charge in [-0.1, -0.05) is 12.8 Å². The molecule has 10 nitrogen and oxygen atoms in total. The van der Waals surface area contributed by atoms with Crippen molar-refractivity contribution in [3.63, 3.8) is 0 Å². The van der Waals surface area contributed by atoms with Crippen LogP contribution in [0.4, 0.5) is 0 Å². The summed E-state index contributed by atoms with van der Waals surface area (Å²) in [5, 5.41) is 19.6. The molecule has 174 valence electrons. The smallest absolute Gasteiger partial charge is 0.309 e. The van der Waals surface area contributed by atoms with Crippen molar-refractivity contribution in [1.29, 1.82) is 0 Å². The van der Waals surface area contributed by atoms with E-state index in [9.17, 15) is 29.1 Å². The molecule has 2 fully saturated rings. The number of aliphatic hydroxyl groups is 1. The van der Waals surface area contributed by atoms with Crippen LogP contribution in [0.1, 0.15) is 59.3 Å². The molecule has 1 aliphatic carbocycles. The molecular weight excluding hydrogens is 404 g/mol. The van der Waals surface area contributed by atoms with E-state index in [2.05, 4.69) is 21.3 Å².